The molecular weight excluding hydrogens is 254 g/mol. The first-order valence-electron chi connectivity index (χ1n) is 7.62. The number of hydrogen-bond donors (Lipinski definition) is 1. The van der Waals surface area contributed by atoms with Crippen molar-refractivity contribution in [1.82, 2.24) is 9.36 Å². The van der Waals surface area contributed by atoms with Crippen LogP contribution in [-0.4, -0.2) is 15.4 Å². The number of aromatic nitrogens is 2. The van der Waals surface area contributed by atoms with Crippen LogP contribution in [0.2, 0.25) is 0 Å². The second-order valence-electron chi connectivity index (χ2n) is 7.29. The zero-order chi connectivity index (χ0) is 13.5. The molecule has 1 aromatic heterocycles. The van der Waals surface area contributed by atoms with Crippen LogP contribution in [0.4, 0.5) is 5.13 Å². The van der Waals surface area contributed by atoms with E-state index >= 15 is 0 Å². The van der Waals surface area contributed by atoms with Gasteiger partial charge in [-0.15, -0.1) is 0 Å². The Hall–Kier alpha value is -0.640. The Bertz CT molecular complexity index is 423. The summed E-state index contributed by atoms with van der Waals surface area (Å²) in [7, 11) is 0. The van der Waals surface area contributed by atoms with E-state index in [2.05, 4.69) is 30.5 Å². The summed E-state index contributed by atoms with van der Waals surface area (Å²) < 4.78 is 4.58. The van der Waals surface area contributed by atoms with Gasteiger partial charge in [0, 0.05) is 23.5 Å². The predicted molar refractivity (Wildman–Crippen MR) is 80.7 cm³/mol. The lowest BCUT2D eigenvalue weighted by Gasteiger charge is -2.36. The zero-order valence-corrected chi connectivity index (χ0v) is 13.1. The largest absolute Gasteiger partial charge is 0.358 e. The lowest BCUT2D eigenvalue weighted by atomic mass is 9.70. The molecule has 0 unspecified atom stereocenters. The second kappa shape index (κ2) is 5.04. The van der Waals surface area contributed by atoms with Gasteiger partial charge in [0.2, 0.25) is 5.13 Å². The molecule has 0 spiro atoms. The molecule has 2 aliphatic rings. The van der Waals surface area contributed by atoms with Gasteiger partial charge in [0.25, 0.3) is 0 Å². The minimum Gasteiger partial charge on any atom is -0.358 e. The van der Waals surface area contributed by atoms with Crippen LogP contribution in [0.1, 0.15) is 71.0 Å². The number of nitrogens with one attached hydrogen (secondary N) is 1. The number of nitrogens with zero attached hydrogens (tertiary/aromatic N) is 2. The third kappa shape index (κ3) is 3.28. The molecule has 19 heavy (non-hydrogen) atoms. The Balaban J connectivity index is 1.57. The summed E-state index contributed by atoms with van der Waals surface area (Å²) in [5.74, 6) is 2.57. The van der Waals surface area contributed by atoms with E-state index in [9.17, 15) is 0 Å². The quantitative estimate of drug-likeness (QED) is 0.889. The van der Waals surface area contributed by atoms with E-state index < -0.39 is 0 Å². The highest BCUT2D eigenvalue weighted by Gasteiger charge is 2.32. The maximum absolute atomic E-state index is 4.70. The molecule has 0 saturated heterocycles. The Morgan fingerprint density at radius 3 is 2.32 bits per heavy atom. The van der Waals surface area contributed by atoms with Gasteiger partial charge in [-0.25, -0.2) is 4.98 Å². The van der Waals surface area contributed by atoms with Crippen molar-refractivity contribution >= 4 is 16.7 Å². The molecule has 0 aromatic carbocycles. The van der Waals surface area contributed by atoms with E-state index in [1.807, 2.05) is 0 Å². The van der Waals surface area contributed by atoms with Crippen molar-refractivity contribution < 1.29 is 0 Å². The van der Waals surface area contributed by atoms with Gasteiger partial charge in [0.15, 0.2) is 0 Å². The van der Waals surface area contributed by atoms with Crippen LogP contribution in [0, 0.1) is 11.3 Å². The van der Waals surface area contributed by atoms with Crippen LogP contribution < -0.4 is 5.32 Å². The molecule has 106 valence electrons. The molecule has 0 radical (unpaired) electrons. The zero-order valence-electron chi connectivity index (χ0n) is 12.3. The molecular formula is C15H25N3S. The van der Waals surface area contributed by atoms with Crippen LogP contribution in [-0.2, 0) is 0 Å². The molecule has 2 saturated carbocycles. The van der Waals surface area contributed by atoms with Crippen LogP contribution in [0.3, 0.4) is 0 Å². The van der Waals surface area contributed by atoms with Crippen molar-refractivity contribution in [1.29, 1.82) is 0 Å². The van der Waals surface area contributed by atoms with Crippen molar-refractivity contribution in [3.8, 4) is 0 Å². The van der Waals surface area contributed by atoms with Crippen molar-refractivity contribution in [3.63, 3.8) is 0 Å². The summed E-state index contributed by atoms with van der Waals surface area (Å²) in [6, 6.07) is 0.678. The van der Waals surface area contributed by atoms with E-state index in [1.165, 1.54) is 38.5 Å². The van der Waals surface area contributed by atoms with Gasteiger partial charge in [-0.2, -0.15) is 4.37 Å². The Morgan fingerprint density at radius 2 is 1.74 bits per heavy atom. The fraction of sp³-hybridized carbons (Fsp3) is 0.867. The molecule has 0 amide bonds. The van der Waals surface area contributed by atoms with E-state index in [-0.39, 0.29) is 0 Å². The third-order valence-electron chi connectivity index (χ3n) is 4.66. The first kappa shape index (κ1) is 13.3. The van der Waals surface area contributed by atoms with Crippen LogP contribution in [0.25, 0.3) is 0 Å². The lowest BCUT2D eigenvalue weighted by Crippen LogP contribution is -2.25. The van der Waals surface area contributed by atoms with Gasteiger partial charge in [0.05, 0.1) is 0 Å². The summed E-state index contributed by atoms with van der Waals surface area (Å²) in [5, 5.41) is 4.49. The number of anilines is 1. The van der Waals surface area contributed by atoms with Crippen LogP contribution >= 0.6 is 11.5 Å². The molecule has 1 N–H and O–H groups in total. The highest BCUT2D eigenvalue weighted by atomic mass is 32.1. The van der Waals surface area contributed by atoms with Gasteiger partial charge in [-0.05, 0) is 49.9 Å². The highest BCUT2D eigenvalue weighted by molar-refractivity contribution is 7.09. The molecule has 4 heteroatoms. The molecule has 1 heterocycles. The molecule has 3 nitrogen and oxygen atoms in total. The normalized spacial score (nSPS) is 28.4. The first-order chi connectivity index (χ1) is 9.02. The van der Waals surface area contributed by atoms with E-state index in [1.54, 1.807) is 11.5 Å². The average Bonchev–Trinajstić information content (AvgIpc) is 3.04. The van der Waals surface area contributed by atoms with Crippen LogP contribution in [0.5, 0.6) is 0 Å². The van der Waals surface area contributed by atoms with Crippen molar-refractivity contribution in [2.24, 2.45) is 11.3 Å². The summed E-state index contributed by atoms with van der Waals surface area (Å²) in [6.45, 7) is 7.12. The third-order valence-corrected chi connectivity index (χ3v) is 5.32. The highest BCUT2D eigenvalue weighted by Crippen LogP contribution is 2.43. The standard InChI is InChI=1S/C15H25N3S/c1-15(2,3)11-6-4-10(5-7-11)13-17-14(19-18-13)16-12-8-9-12/h10-12H,4-9H2,1-3H3,(H,16,17,18). The lowest BCUT2D eigenvalue weighted by molar-refractivity contribution is 0.167. The molecule has 2 fully saturated rings. The number of hydrogen-bond acceptors (Lipinski definition) is 4. The predicted octanol–water partition coefficient (Wildman–Crippen LogP) is 4.43. The summed E-state index contributed by atoms with van der Waals surface area (Å²) in [5.41, 5.74) is 0.458. The SMILES string of the molecule is CC(C)(C)C1CCC(c2nsc(NC3CC3)n2)CC1. The topological polar surface area (TPSA) is 37.8 Å². The molecule has 2 aliphatic carbocycles. The van der Waals surface area contributed by atoms with Crippen molar-refractivity contribution in [2.45, 2.75) is 71.3 Å². The van der Waals surface area contributed by atoms with Gasteiger partial charge in [-0.1, -0.05) is 20.8 Å². The molecule has 1 aromatic rings. The van der Waals surface area contributed by atoms with E-state index in [4.69, 9.17) is 4.98 Å². The molecule has 3 rings (SSSR count). The summed E-state index contributed by atoms with van der Waals surface area (Å²) in [4.78, 5) is 4.70. The first-order valence-corrected chi connectivity index (χ1v) is 8.40. The molecule has 0 aliphatic heterocycles. The van der Waals surface area contributed by atoms with Crippen LogP contribution in [0.15, 0.2) is 0 Å². The van der Waals surface area contributed by atoms with E-state index in [0.717, 1.165) is 16.9 Å². The molecule has 0 bridgehead atoms. The molecule has 0 atom stereocenters. The fourth-order valence-electron chi connectivity index (χ4n) is 3.08. The van der Waals surface area contributed by atoms with Gasteiger partial charge in [0.1, 0.15) is 5.82 Å². The van der Waals surface area contributed by atoms with Crippen molar-refractivity contribution in [2.75, 3.05) is 5.32 Å². The Morgan fingerprint density at radius 1 is 1.05 bits per heavy atom. The Labute approximate surface area is 120 Å². The average molecular weight is 279 g/mol. The minimum atomic E-state index is 0.458. The Kier molecular flexibility index (Phi) is 3.54. The monoisotopic (exact) mass is 279 g/mol. The maximum atomic E-state index is 4.70. The second-order valence-corrected chi connectivity index (χ2v) is 8.04. The summed E-state index contributed by atoms with van der Waals surface area (Å²) >= 11 is 1.55. The smallest absolute Gasteiger partial charge is 0.202 e. The minimum absolute atomic E-state index is 0.458. The fourth-order valence-corrected chi connectivity index (χ4v) is 3.80. The number of rotatable bonds is 3. The van der Waals surface area contributed by atoms with Gasteiger partial charge in [-0.3, -0.25) is 0 Å². The maximum Gasteiger partial charge on any atom is 0.202 e. The van der Waals surface area contributed by atoms with Crippen molar-refractivity contribution in [3.05, 3.63) is 5.82 Å². The van der Waals surface area contributed by atoms with E-state index in [0.29, 0.717) is 17.4 Å². The van der Waals surface area contributed by atoms with Gasteiger partial charge >= 0.3 is 0 Å². The summed E-state index contributed by atoms with van der Waals surface area (Å²) in [6.07, 6.45) is 7.79. The van der Waals surface area contributed by atoms with Gasteiger partial charge < -0.3 is 5.32 Å².